The number of nitrogens with two attached hydrogens (primary N) is 1. The van der Waals surface area contributed by atoms with Gasteiger partial charge in [-0.2, -0.15) is 0 Å². The molecule has 0 aliphatic heterocycles. The molecule has 0 amide bonds. The molecular weight excluding hydrogens is 234 g/mol. The van der Waals surface area contributed by atoms with E-state index < -0.39 is 0 Å². The third kappa shape index (κ3) is 3.83. The van der Waals surface area contributed by atoms with Crippen molar-refractivity contribution in [3.8, 4) is 5.75 Å². The number of aryl methyl sites for hydroxylation is 1. The van der Waals surface area contributed by atoms with Crippen LogP contribution in [0, 0.1) is 0 Å². The smallest absolute Gasteiger partial charge is 0.120 e. The third-order valence-corrected chi connectivity index (χ3v) is 3.22. The van der Waals surface area contributed by atoms with Gasteiger partial charge in [-0.3, -0.25) is 0 Å². The van der Waals surface area contributed by atoms with E-state index in [0.717, 1.165) is 17.7 Å². The average molecular weight is 255 g/mol. The van der Waals surface area contributed by atoms with Crippen LogP contribution in [0.3, 0.4) is 0 Å². The third-order valence-electron chi connectivity index (χ3n) is 3.22. The molecule has 19 heavy (non-hydrogen) atoms. The fourth-order valence-corrected chi connectivity index (χ4v) is 1.93. The number of hydrogen-bond donors (Lipinski definition) is 1. The average Bonchev–Trinajstić information content (AvgIpc) is 2.46. The molecule has 0 fully saturated rings. The SMILES string of the molecule is CCc1ccc(COc2cccc([C@@H](C)N)c2)cc1. The summed E-state index contributed by atoms with van der Waals surface area (Å²) in [5, 5.41) is 0. The van der Waals surface area contributed by atoms with E-state index in [4.69, 9.17) is 10.5 Å². The van der Waals surface area contributed by atoms with Crippen molar-refractivity contribution in [3.63, 3.8) is 0 Å². The van der Waals surface area contributed by atoms with Crippen LogP contribution in [0.5, 0.6) is 5.75 Å². The van der Waals surface area contributed by atoms with Gasteiger partial charge in [-0.25, -0.2) is 0 Å². The van der Waals surface area contributed by atoms with E-state index in [1.165, 1.54) is 11.1 Å². The maximum Gasteiger partial charge on any atom is 0.120 e. The molecule has 0 unspecified atom stereocenters. The summed E-state index contributed by atoms with van der Waals surface area (Å²) in [4.78, 5) is 0. The van der Waals surface area contributed by atoms with Gasteiger partial charge < -0.3 is 10.5 Å². The molecule has 0 bridgehead atoms. The molecule has 0 spiro atoms. The fraction of sp³-hybridized carbons (Fsp3) is 0.294. The Morgan fingerprint density at radius 3 is 2.37 bits per heavy atom. The van der Waals surface area contributed by atoms with E-state index in [9.17, 15) is 0 Å². The van der Waals surface area contributed by atoms with E-state index >= 15 is 0 Å². The molecule has 1 atom stereocenters. The molecule has 2 nitrogen and oxygen atoms in total. The highest BCUT2D eigenvalue weighted by Gasteiger charge is 2.01. The Morgan fingerprint density at radius 2 is 1.74 bits per heavy atom. The van der Waals surface area contributed by atoms with Crippen molar-refractivity contribution in [2.75, 3.05) is 0 Å². The lowest BCUT2D eigenvalue weighted by atomic mass is 10.1. The molecule has 2 N–H and O–H groups in total. The minimum absolute atomic E-state index is 0.0346. The van der Waals surface area contributed by atoms with Gasteiger partial charge in [-0.1, -0.05) is 43.3 Å². The van der Waals surface area contributed by atoms with Gasteiger partial charge in [0.15, 0.2) is 0 Å². The van der Waals surface area contributed by atoms with E-state index in [-0.39, 0.29) is 6.04 Å². The lowest BCUT2D eigenvalue weighted by Gasteiger charge is -2.10. The number of hydrogen-bond acceptors (Lipinski definition) is 2. The van der Waals surface area contributed by atoms with E-state index in [2.05, 4.69) is 31.2 Å². The van der Waals surface area contributed by atoms with Crippen LogP contribution in [0.15, 0.2) is 48.5 Å². The zero-order valence-corrected chi connectivity index (χ0v) is 11.6. The van der Waals surface area contributed by atoms with Crippen LogP contribution in [0.1, 0.15) is 36.6 Å². The standard InChI is InChI=1S/C17H21NO/c1-3-14-7-9-15(10-8-14)12-19-17-6-4-5-16(11-17)13(2)18/h4-11,13H,3,12,18H2,1-2H3/t13-/m1/s1. The summed E-state index contributed by atoms with van der Waals surface area (Å²) in [6.45, 7) is 4.72. The Balaban J connectivity index is 1.99. The van der Waals surface area contributed by atoms with Gasteiger partial charge in [0.05, 0.1) is 0 Å². The molecule has 0 radical (unpaired) electrons. The Kier molecular flexibility index (Phi) is 4.58. The second-order valence-electron chi connectivity index (χ2n) is 4.82. The first kappa shape index (κ1) is 13.6. The van der Waals surface area contributed by atoms with Crippen molar-refractivity contribution in [3.05, 3.63) is 65.2 Å². The monoisotopic (exact) mass is 255 g/mol. The molecule has 100 valence electrons. The van der Waals surface area contributed by atoms with Crippen molar-refractivity contribution in [1.29, 1.82) is 0 Å². The van der Waals surface area contributed by atoms with Crippen LogP contribution in [-0.4, -0.2) is 0 Å². The largest absolute Gasteiger partial charge is 0.489 e. The molecule has 0 heterocycles. The summed E-state index contributed by atoms with van der Waals surface area (Å²) in [6, 6.07) is 16.5. The quantitative estimate of drug-likeness (QED) is 0.880. The summed E-state index contributed by atoms with van der Waals surface area (Å²) >= 11 is 0. The second-order valence-corrected chi connectivity index (χ2v) is 4.82. The summed E-state index contributed by atoms with van der Waals surface area (Å²) < 4.78 is 5.80. The summed E-state index contributed by atoms with van der Waals surface area (Å²) in [5.74, 6) is 0.870. The van der Waals surface area contributed by atoms with Crippen LogP contribution in [-0.2, 0) is 13.0 Å². The first-order chi connectivity index (χ1) is 9.19. The van der Waals surface area contributed by atoms with Crippen LogP contribution < -0.4 is 10.5 Å². The molecular formula is C17H21NO. The fourth-order valence-electron chi connectivity index (χ4n) is 1.93. The predicted octanol–water partition coefficient (Wildman–Crippen LogP) is 3.85. The molecule has 0 saturated heterocycles. The van der Waals surface area contributed by atoms with E-state index in [0.29, 0.717) is 6.61 Å². The molecule has 0 saturated carbocycles. The maximum absolute atomic E-state index is 5.87. The Labute approximate surface area is 115 Å². The zero-order chi connectivity index (χ0) is 13.7. The van der Waals surface area contributed by atoms with Gasteiger partial charge in [0, 0.05) is 6.04 Å². The van der Waals surface area contributed by atoms with Gasteiger partial charge in [0.25, 0.3) is 0 Å². The number of benzene rings is 2. The second kappa shape index (κ2) is 6.39. The van der Waals surface area contributed by atoms with Crippen molar-refractivity contribution >= 4 is 0 Å². The minimum atomic E-state index is 0.0346. The molecule has 0 aliphatic carbocycles. The summed E-state index contributed by atoms with van der Waals surface area (Å²) in [5.41, 5.74) is 9.50. The van der Waals surface area contributed by atoms with Crippen LogP contribution >= 0.6 is 0 Å². The van der Waals surface area contributed by atoms with Gasteiger partial charge in [0.1, 0.15) is 12.4 Å². The van der Waals surface area contributed by atoms with Crippen molar-refractivity contribution < 1.29 is 4.74 Å². The van der Waals surface area contributed by atoms with Crippen molar-refractivity contribution in [2.45, 2.75) is 32.9 Å². The lowest BCUT2D eigenvalue weighted by Crippen LogP contribution is -2.05. The van der Waals surface area contributed by atoms with Gasteiger partial charge in [-0.05, 0) is 42.2 Å². The van der Waals surface area contributed by atoms with Gasteiger partial charge in [0.2, 0.25) is 0 Å². The topological polar surface area (TPSA) is 35.2 Å². The molecule has 0 aromatic heterocycles. The summed E-state index contributed by atoms with van der Waals surface area (Å²) in [6.07, 6.45) is 1.07. The van der Waals surface area contributed by atoms with Gasteiger partial charge in [-0.15, -0.1) is 0 Å². The lowest BCUT2D eigenvalue weighted by molar-refractivity contribution is 0.305. The number of rotatable bonds is 5. The number of ether oxygens (including phenoxy) is 1. The van der Waals surface area contributed by atoms with Crippen molar-refractivity contribution in [2.24, 2.45) is 5.73 Å². The molecule has 0 aliphatic rings. The highest BCUT2D eigenvalue weighted by Crippen LogP contribution is 2.18. The predicted molar refractivity (Wildman–Crippen MR) is 79.2 cm³/mol. The van der Waals surface area contributed by atoms with Crippen LogP contribution in [0.25, 0.3) is 0 Å². The van der Waals surface area contributed by atoms with Crippen LogP contribution in [0.4, 0.5) is 0 Å². The highest BCUT2D eigenvalue weighted by atomic mass is 16.5. The molecule has 2 aromatic rings. The zero-order valence-electron chi connectivity index (χ0n) is 11.6. The Hall–Kier alpha value is -1.80. The minimum Gasteiger partial charge on any atom is -0.489 e. The molecule has 2 heteroatoms. The maximum atomic E-state index is 5.87. The van der Waals surface area contributed by atoms with Crippen molar-refractivity contribution in [1.82, 2.24) is 0 Å². The Morgan fingerprint density at radius 1 is 1.05 bits per heavy atom. The highest BCUT2D eigenvalue weighted by molar-refractivity contribution is 5.30. The summed E-state index contributed by atoms with van der Waals surface area (Å²) in [7, 11) is 0. The normalized spacial score (nSPS) is 12.2. The first-order valence-electron chi connectivity index (χ1n) is 6.75. The molecule has 2 aromatic carbocycles. The molecule has 2 rings (SSSR count). The van der Waals surface area contributed by atoms with Gasteiger partial charge >= 0.3 is 0 Å². The van der Waals surface area contributed by atoms with E-state index in [1.807, 2.05) is 31.2 Å². The van der Waals surface area contributed by atoms with E-state index in [1.54, 1.807) is 0 Å². The Bertz CT molecular complexity index is 517. The van der Waals surface area contributed by atoms with Crippen LogP contribution in [0.2, 0.25) is 0 Å². The first-order valence-corrected chi connectivity index (χ1v) is 6.75.